The van der Waals surface area contributed by atoms with Crippen molar-refractivity contribution in [3.05, 3.63) is 46.6 Å². The molecule has 0 saturated heterocycles. The van der Waals surface area contributed by atoms with Crippen molar-refractivity contribution in [3.63, 3.8) is 0 Å². The number of carbonyl (C=O) groups is 1. The van der Waals surface area contributed by atoms with Gasteiger partial charge in [0.05, 0.1) is 13.2 Å². The van der Waals surface area contributed by atoms with E-state index in [4.69, 9.17) is 9.47 Å². The van der Waals surface area contributed by atoms with E-state index >= 15 is 0 Å². The summed E-state index contributed by atoms with van der Waals surface area (Å²) in [7, 11) is 0. The van der Waals surface area contributed by atoms with E-state index in [2.05, 4.69) is 25.5 Å². The van der Waals surface area contributed by atoms with Crippen molar-refractivity contribution in [2.24, 2.45) is 5.92 Å². The number of hydrogen-bond acceptors (Lipinski definition) is 8. The quantitative estimate of drug-likeness (QED) is 0.609. The van der Waals surface area contributed by atoms with E-state index in [1.165, 1.54) is 17.2 Å². The number of tetrazole rings is 1. The number of carbonyl (C=O) groups excluding carboxylic acids is 1. The Labute approximate surface area is 160 Å². The normalized spacial score (nSPS) is 10.9. The van der Waals surface area contributed by atoms with Gasteiger partial charge in [-0.05, 0) is 41.5 Å². The Morgan fingerprint density at radius 2 is 2.14 bits per heavy atom. The molecule has 0 aliphatic heterocycles. The molecule has 0 fully saturated rings. The first-order valence-corrected chi connectivity index (χ1v) is 8.76. The summed E-state index contributed by atoms with van der Waals surface area (Å²) in [5, 5.41) is 11.2. The Bertz CT molecular complexity index is 1010. The molecule has 10 heteroatoms. The summed E-state index contributed by atoms with van der Waals surface area (Å²) < 4.78 is 12.2. The first-order valence-electron chi connectivity index (χ1n) is 8.76. The predicted octanol–water partition coefficient (Wildman–Crippen LogP) is 1.62. The number of esters is 1. The molecular formula is C18H20N6O4. The third-order valence-corrected chi connectivity index (χ3v) is 3.70. The fraction of sp³-hybridized carbons (Fsp3) is 0.333. The fourth-order valence-electron chi connectivity index (χ4n) is 2.39. The van der Waals surface area contributed by atoms with Gasteiger partial charge in [-0.15, -0.1) is 5.10 Å². The maximum Gasteiger partial charge on any atom is 0.345 e. The number of aromatic amines is 1. The molecule has 0 aliphatic rings. The van der Waals surface area contributed by atoms with E-state index in [9.17, 15) is 9.59 Å². The molecule has 0 radical (unpaired) electrons. The van der Waals surface area contributed by atoms with Crippen LogP contribution >= 0.6 is 0 Å². The molecule has 2 aromatic heterocycles. The van der Waals surface area contributed by atoms with Crippen LogP contribution in [0.1, 0.15) is 31.1 Å². The van der Waals surface area contributed by atoms with Gasteiger partial charge in [0.2, 0.25) is 0 Å². The third-order valence-electron chi connectivity index (χ3n) is 3.70. The van der Waals surface area contributed by atoms with Crippen LogP contribution in [-0.2, 0) is 4.74 Å². The van der Waals surface area contributed by atoms with E-state index in [-0.39, 0.29) is 12.2 Å². The maximum absolute atomic E-state index is 12.2. The van der Waals surface area contributed by atoms with Gasteiger partial charge in [-0.25, -0.2) is 9.78 Å². The third kappa shape index (κ3) is 4.22. The van der Waals surface area contributed by atoms with Crippen LogP contribution in [0.2, 0.25) is 0 Å². The van der Waals surface area contributed by atoms with Gasteiger partial charge in [-0.1, -0.05) is 13.8 Å². The van der Waals surface area contributed by atoms with E-state index in [1.807, 2.05) is 13.8 Å². The van der Waals surface area contributed by atoms with Crippen LogP contribution in [0.15, 0.2) is 35.5 Å². The zero-order chi connectivity index (χ0) is 20.1. The first kappa shape index (κ1) is 19.2. The molecule has 3 aromatic rings. The summed E-state index contributed by atoms with van der Waals surface area (Å²) in [5.74, 6) is 0.516. The second-order valence-electron chi connectivity index (χ2n) is 6.34. The SMILES string of the molecule is CCOC(=O)c1cnc(-c2ccc(OCC(C)C)c(-n3cnnn3)c2)[nH]c1=O. The highest BCUT2D eigenvalue weighted by atomic mass is 16.5. The van der Waals surface area contributed by atoms with Gasteiger partial charge in [0.15, 0.2) is 0 Å². The largest absolute Gasteiger partial charge is 0.491 e. The van der Waals surface area contributed by atoms with Crippen molar-refractivity contribution >= 4 is 5.97 Å². The zero-order valence-electron chi connectivity index (χ0n) is 15.7. The minimum atomic E-state index is -0.713. The molecular weight excluding hydrogens is 364 g/mol. The average Bonchev–Trinajstić information content (AvgIpc) is 3.21. The summed E-state index contributed by atoms with van der Waals surface area (Å²) in [4.78, 5) is 30.8. The monoisotopic (exact) mass is 384 g/mol. The van der Waals surface area contributed by atoms with E-state index in [0.717, 1.165) is 0 Å². The standard InChI is InChI=1S/C18H20N6O4/c1-4-27-18(26)13-8-19-16(21-17(13)25)12-5-6-15(28-9-11(2)3)14(7-12)24-10-20-22-23-24/h5-8,10-11H,4,9H2,1-3H3,(H,19,21,25). The van der Waals surface area contributed by atoms with Gasteiger partial charge < -0.3 is 14.5 Å². The molecule has 1 N–H and O–H groups in total. The Morgan fingerprint density at radius 1 is 1.32 bits per heavy atom. The van der Waals surface area contributed by atoms with Gasteiger partial charge in [0.25, 0.3) is 5.56 Å². The minimum Gasteiger partial charge on any atom is -0.491 e. The van der Waals surface area contributed by atoms with Crippen LogP contribution < -0.4 is 10.3 Å². The molecule has 0 saturated carbocycles. The van der Waals surface area contributed by atoms with Crippen molar-refractivity contribution in [1.82, 2.24) is 30.2 Å². The molecule has 1 aromatic carbocycles. The number of ether oxygens (including phenoxy) is 2. The molecule has 146 valence electrons. The number of H-pyrrole nitrogens is 1. The molecule has 2 heterocycles. The molecule has 28 heavy (non-hydrogen) atoms. The highest BCUT2D eigenvalue weighted by Crippen LogP contribution is 2.27. The molecule has 10 nitrogen and oxygen atoms in total. The number of benzene rings is 1. The van der Waals surface area contributed by atoms with E-state index in [0.29, 0.717) is 35.3 Å². The molecule has 0 bridgehead atoms. The number of rotatable bonds is 7. The summed E-state index contributed by atoms with van der Waals surface area (Å²) in [6, 6.07) is 5.26. The zero-order valence-corrected chi connectivity index (χ0v) is 15.7. The van der Waals surface area contributed by atoms with Gasteiger partial charge in [0.1, 0.15) is 29.2 Å². The van der Waals surface area contributed by atoms with Crippen LogP contribution in [0.25, 0.3) is 17.1 Å². The predicted molar refractivity (Wildman–Crippen MR) is 99.3 cm³/mol. The van der Waals surface area contributed by atoms with E-state index in [1.54, 1.807) is 25.1 Å². The molecule has 0 spiro atoms. The lowest BCUT2D eigenvalue weighted by Crippen LogP contribution is -2.21. The fourth-order valence-corrected chi connectivity index (χ4v) is 2.39. The second-order valence-corrected chi connectivity index (χ2v) is 6.34. The van der Waals surface area contributed by atoms with Gasteiger partial charge >= 0.3 is 5.97 Å². The summed E-state index contributed by atoms with van der Waals surface area (Å²) in [5.41, 5.74) is 0.478. The Balaban J connectivity index is 1.99. The van der Waals surface area contributed by atoms with E-state index < -0.39 is 11.5 Å². The molecule has 0 atom stereocenters. The number of nitrogens with zero attached hydrogens (tertiary/aromatic N) is 5. The van der Waals surface area contributed by atoms with Gasteiger partial charge in [-0.3, -0.25) is 4.79 Å². The van der Waals surface area contributed by atoms with Gasteiger partial charge in [0, 0.05) is 11.8 Å². The molecule has 0 unspecified atom stereocenters. The van der Waals surface area contributed by atoms with Crippen molar-refractivity contribution in [3.8, 4) is 22.8 Å². The topological polar surface area (TPSA) is 125 Å². The van der Waals surface area contributed by atoms with Crippen LogP contribution in [0.4, 0.5) is 0 Å². The smallest absolute Gasteiger partial charge is 0.345 e. The van der Waals surface area contributed by atoms with Crippen LogP contribution in [-0.4, -0.2) is 49.4 Å². The van der Waals surface area contributed by atoms with Crippen molar-refractivity contribution in [1.29, 1.82) is 0 Å². The van der Waals surface area contributed by atoms with Crippen molar-refractivity contribution < 1.29 is 14.3 Å². The average molecular weight is 384 g/mol. The maximum atomic E-state index is 12.2. The first-order chi connectivity index (χ1) is 13.5. The van der Waals surface area contributed by atoms with Crippen LogP contribution in [0.5, 0.6) is 5.75 Å². The van der Waals surface area contributed by atoms with Crippen molar-refractivity contribution in [2.75, 3.05) is 13.2 Å². The minimum absolute atomic E-state index is 0.150. The Morgan fingerprint density at radius 3 is 2.79 bits per heavy atom. The molecule has 3 rings (SSSR count). The number of nitrogens with one attached hydrogen (secondary N) is 1. The van der Waals surface area contributed by atoms with Gasteiger partial charge in [-0.2, -0.15) is 4.68 Å². The summed E-state index contributed by atoms with van der Waals surface area (Å²) in [6.07, 6.45) is 2.65. The lowest BCUT2D eigenvalue weighted by atomic mass is 10.1. The lowest BCUT2D eigenvalue weighted by molar-refractivity contribution is 0.0523. The van der Waals surface area contributed by atoms with Crippen LogP contribution in [0, 0.1) is 5.92 Å². The summed E-state index contributed by atoms with van der Waals surface area (Å²) >= 11 is 0. The highest BCUT2D eigenvalue weighted by Gasteiger charge is 2.15. The van der Waals surface area contributed by atoms with Crippen molar-refractivity contribution in [2.45, 2.75) is 20.8 Å². The Kier molecular flexibility index (Phi) is 5.78. The molecule has 0 aliphatic carbocycles. The van der Waals surface area contributed by atoms with Crippen LogP contribution in [0.3, 0.4) is 0 Å². The lowest BCUT2D eigenvalue weighted by Gasteiger charge is -2.14. The highest BCUT2D eigenvalue weighted by molar-refractivity contribution is 5.88. The summed E-state index contributed by atoms with van der Waals surface area (Å²) in [6.45, 7) is 6.46. The number of aromatic nitrogens is 6. The molecule has 0 amide bonds. The second kappa shape index (κ2) is 8.42. The number of hydrogen-bond donors (Lipinski definition) is 1. The Hall–Kier alpha value is -3.56.